The molecule has 0 aliphatic heterocycles. The maximum Gasteiger partial charge on any atom is 0.329 e. The molecule has 0 saturated heterocycles. The van der Waals surface area contributed by atoms with Gasteiger partial charge in [-0.2, -0.15) is 5.10 Å². The van der Waals surface area contributed by atoms with Gasteiger partial charge in [0.05, 0.1) is 24.8 Å². The molecule has 2 saturated carbocycles. The Labute approximate surface area is 211 Å². The first-order chi connectivity index (χ1) is 17.6. The van der Waals surface area contributed by atoms with Gasteiger partial charge in [-0.3, -0.25) is 9.48 Å². The lowest BCUT2D eigenvalue weighted by atomic mass is 9.87. The number of rotatable bonds is 8. The van der Waals surface area contributed by atoms with E-state index < -0.39 is 12.0 Å². The van der Waals surface area contributed by atoms with Crippen molar-refractivity contribution in [2.45, 2.75) is 95.6 Å². The molecule has 8 heteroatoms. The van der Waals surface area contributed by atoms with Crippen molar-refractivity contribution in [3.63, 3.8) is 0 Å². The number of carbonyl (C=O) groups excluding carboxylic acids is 2. The van der Waals surface area contributed by atoms with Gasteiger partial charge in [0, 0.05) is 5.92 Å². The molecule has 3 aromatic rings. The van der Waals surface area contributed by atoms with Gasteiger partial charge in [-0.15, -0.1) is 0 Å². The molecule has 1 N–H and O–H groups in total. The average molecular weight is 493 g/mol. The molecule has 1 atom stereocenters. The maximum atomic E-state index is 13.7. The Balaban J connectivity index is 1.40. The number of benzene rings is 1. The fraction of sp³-hybridized carbons (Fsp3) is 0.571. The van der Waals surface area contributed by atoms with Gasteiger partial charge >= 0.3 is 5.97 Å². The van der Waals surface area contributed by atoms with Crippen LogP contribution in [0.15, 0.2) is 34.7 Å². The topological polar surface area (TPSA) is 99.2 Å². The molecular formula is C28H36N4O4. The molecule has 1 amide bonds. The van der Waals surface area contributed by atoms with Crippen molar-refractivity contribution in [2.75, 3.05) is 6.61 Å². The highest BCUT2D eigenvalue weighted by atomic mass is 16.5. The zero-order chi connectivity index (χ0) is 24.9. The van der Waals surface area contributed by atoms with E-state index in [-0.39, 0.29) is 25.0 Å². The lowest BCUT2D eigenvalue weighted by Gasteiger charge is -2.24. The van der Waals surface area contributed by atoms with Crippen LogP contribution in [0.1, 0.15) is 105 Å². The lowest BCUT2D eigenvalue weighted by Crippen LogP contribution is -2.44. The first kappa shape index (κ1) is 24.5. The molecule has 192 valence electrons. The average Bonchev–Trinajstić information content (AvgIpc) is 3.54. The molecule has 36 heavy (non-hydrogen) atoms. The van der Waals surface area contributed by atoms with Crippen molar-refractivity contribution < 1.29 is 18.7 Å². The number of oxazole rings is 1. The minimum absolute atomic E-state index is 0.117. The third-order valence-electron chi connectivity index (χ3n) is 7.52. The number of hydrogen-bond acceptors (Lipinski definition) is 6. The van der Waals surface area contributed by atoms with Crippen molar-refractivity contribution in [3.8, 4) is 0 Å². The summed E-state index contributed by atoms with van der Waals surface area (Å²) in [5.41, 5.74) is 2.91. The highest BCUT2D eigenvalue weighted by Crippen LogP contribution is 2.35. The van der Waals surface area contributed by atoms with E-state index in [4.69, 9.17) is 14.3 Å². The predicted molar refractivity (Wildman–Crippen MR) is 136 cm³/mol. The third-order valence-corrected chi connectivity index (χ3v) is 7.52. The minimum atomic E-state index is -0.904. The quantitative estimate of drug-likeness (QED) is 0.418. The molecule has 0 spiro atoms. The van der Waals surface area contributed by atoms with Gasteiger partial charge in [0.15, 0.2) is 11.5 Å². The summed E-state index contributed by atoms with van der Waals surface area (Å²) in [6, 6.07) is 8.72. The second-order valence-corrected chi connectivity index (χ2v) is 10.1. The summed E-state index contributed by atoms with van der Waals surface area (Å²) in [5, 5.41) is 7.92. The first-order valence-corrected chi connectivity index (χ1v) is 13.5. The number of carbonyl (C=O) groups is 2. The van der Waals surface area contributed by atoms with E-state index in [9.17, 15) is 9.59 Å². The van der Waals surface area contributed by atoms with E-state index in [0.717, 1.165) is 44.2 Å². The smallest absolute Gasteiger partial charge is 0.329 e. The Hall–Kier alpha value is -3.16. The second kappa shape index (κ2) is 11.3. The van der Waals surface area contributed by atoms with Gasteiger partial charge in [0.25, 0.3) is 5.91 Å². The Kier molecular flexibility index (Phi) is 7.68. The molecule has 5 rings (SSSR count). The van der Waals surface area contributed by atoms with Crippen LogP contribution in [0, 0.1) is 0 Å². The predicted octanol–water partition coefficient (Wildman–Crippen LogP) is 5.48. The molecular weight excluding hydrogens is 456 g/mol. The number of nitrogens with one attached hydrogen (secondary N) is 1. The molecule has 2 fully saturated rings. The van der Waals surface area contributed by atoms with Crippen molar-refractivity contribution in [3.05, 3.63) is 47.6 Å². The number of para-hydroxylation sites is 2. The number of aromatic nitrogens is 3. The molecule has 2 aliphatic carbocycles. The van der Waals surface area contributed by atoms with Crippen LogP contribution in [0.5, 0.6) is 0 Å². The van der Waals surface area contributed by atoms with Gasteiger partial charge in [-0.1, -0.05) is 50.7 Å². The summed E-state index contributed by atoms with van der Waals surface area (Å²) in [7, 11) is 0. The summed E-state index contributed by atoms with van der Waals surface area (Å²) in [5.74, 6) is -0.0115. The number of hydrogen-bond donors (Lipinski definition) is 1. The number of nitrogens with zero attached hydrogens (tertiary/aromatic N) is 3. The fourth-order valence-electron chi connectivity index (χ4n) is 5.63. The van der Waals surface area contributed by atoms with Gasteiger partial charge in [0.1, 0.15) is 17.3 Å². The number of ether oxygens (including phenoxy) is 1. The summed E-state index contributed by atoms with van der Waals surface area (Å²) in [6.07, 6.45) is 11.6. The molecule has 8 nitrogen and oxygen atoms in total. The normalized spacial score (nSPS) is 18.2. The first-order valence-electron chi connectivity index (χ1n) is 13.5. The van der Waals surface area contributed by atoms with Crippen LogP contribution in [0.4, 0.5) is 0 Å². The van der Waals surface area contributed by atoms with Gasteiger partial charge in [-0.25, -0.2) is 9.78 Å². The highest BCUT2D eigenvalue weighted by molar-refractivity contribution is 5.95. The molecule has 0 unspecified atom stereocenters. The Morgan fingerprint density at radius 1 is 1.08 bits per heavy atom. The highest BCUT2D eigenvalue weighted by Gasteiger charge is 2.30. The summed E-state index contributed by atoms with van der Waals surface area (Å²) < 4.78 is 13.1. The second-order valence-electron chi connectivity index (χ2n) is 10.1. The van der Waals surface area contributed by atoms with Gasteiger partial charge < -0.3 is 14.5 Å². The van der Waals surface area contributed by atoms with E-state index in [2.05, 4.69) is 10.3 Å². The Morgan fingerprint density at radius 3 is 2.53 bits per heavy atom. The third kappa shape index (κ3) is 5.47. The molecule has 0 bridgehead atoms. The van der Waals surface area contributed by atoms with Crippen LogP contribution >= 0.6 is 0 Å². The maximum absolute atomic E-state index is 13.7. The van der Waals surface area contributed by atoms with Crippen LogP contribution in [0.25, 0.3) is 11.1 Å². The number of fused-ring (bicyclic) bond motifs is 1. The molecule has 0 radical (unpaired) electrons. The van der Waals surface area contributed by atoms with Crippen LogP contribution in [-0.2, 0) is 16.0 Å². The molecule has 2 heterocycles. The van der Waals surface area contributed by atoms with E-state index >= 15 is 0 Å². The monoisotopic (exact) mass is 492 g/mol. The zero-order valence-corrected chi connectivity index (χ0v) is 21.1. The fourth-order valence-corrected chi connectivity index (χ4v) is 5.63. The van der Waals surface area contributed by atoms with Crippen LogP contribution in [-0.4, -0.2) is 39.3 Å². The zero-order valence-electron chi connectivity index (χ0n) is 21.1. The largest absolute Gasteiger partial charge is 0.464 e. The van der Waals surface area contributed by atoms with E-state index in [0.29, 0.717) is 28.6 Å². The minimum Gasteiger partial charge on any atom is -0.464 e. The summed E-state index contributed by atoms with van der Waals surface area (Å²) >= 11 is 0. The number of esters is 1. The van der Waals surface area contributed by atoms with Crippen molar-refractivity contribution >= 4 is 23.0 Å². The van der Waals surface area contributed by atoms with E-state index in [1.54, 1.807) is 6.92 Å². The van der Waals surface area contributed by atoms with Crippen LogP contribution in [0.3, 0.4) is 0 Å². The molecule has 2 aliphatic rings. The molecule has 2 aromatic heterocycles. The van der Waals surface area contributed by atoms with Crippen LogP contribution in [0.2, 0.25) is 0 Å². The SMILES string of the molecule is CCOC(=O)[C@H](Cc1nc2ccccc2o1)NC(=O)c1cc(C2CCCCC2)nn1C1CCCCC1. The number of amides is 1. The van der Waals surface area contributed by atoms with Crippen molar-refractivity contribution in [1.29, 1.82) is 0 Å². The Morgan fingerprint density at radius 2 is 1.81 bits per heavy atom. The Bertz CT molecular complexity index is 1150. The van der Waals surface area contributed by atoms with Crippen molar-refractivity contribution in [2.24, 2.45) is 0 Å². The van der Waals surface area contributed by atoms with E-state index in [1.807, 2.05) is 35.0 Å². The molecule has 1 aromatic carbocycles. The lowest BCUT2D eigenvalue weighted by molar-refractivity contribution is -0.145. The standard InChI is InChI=1S/C28H36N4O4/c1-2-35-28(34)23(18-26-29-21-15-9-10-16-25(21)36-26)30-27(33)24-17-22(19-11-5-3-6-12-19)31-32(24)20-13-7-4-8-14-20/h9-10,15-17,19-20,23H,2-8,11-14,18H2,1H3,(H,30,33)/t23-/m0/s1. The van der Waals surface area contributed by atoms with E-state index in [1.165, 1.54) is 25.7 Å². The summed E-state index contributed by atoms with van der Waals surface area (Å²) in [6.45, 7) is 1.98. The van der Waals surface area contributed by atoms with Crippen molar-refractivity contribution in [1.82, 2.24) is 20.1 Å². The van der Waals surface area contributed by atoms with Crippen LogP contribution < -0.4 is 5.32 Å². The van der Waals surface area contributed by atoms with Gasteiger partial charge in [-0.05, 0) is 50.8 Å². The van der Waals surface area contributed by atoms with Gasteiger partial charge in [0.2, 0.25) is 0 Å². The summed E-state index contributed by atoms with van der Waals surface area (Å²) in [4.78, 5) is 31.0.